The van der Waals surface area contributed by atoms with Gasteiger partial charge in [0.25, 0.3) is 0 Å². The van der Waals surface area contributed by atoms with Crippen LogP contribution in [0, 0.1) is 0 Å². The molecule has 0 aromatic heterocycles. The second-order valence-electron chi connectivity index (χ2n) is 20.7. The highest BCUT2D eigenvalue weighted by molar-refractivity contribution is 6.93. The highest BCUT2D eigenvalue weighted by Crippen LogP contribution is 2.43. The van der Waals surface area contributed by atoms with Gasteiger partial charge in [-0.3, -0.25) is 4.79 Å². The number of hydrogen-bond donors (Lipinski definition) is 0. The summed E-state index contributed by atoms with van der Waals surface area (Å²) in [6.07, 6.45) is 25.5. The molecule has 17 heteroatoms. The summed E-state index contributed by atoms with van der Waals surface area (Å²) in [4.78, 5) is 14.0. The summed E-state index contributed by atoms with van der Waals surface area (Å²) in [6, 6.07) is 1.13. The number of carbonyl (C=O) groups excluding carboxylic acids is 1. The van der Waals surface area contributed by atoms with Crippen molar-refractivity contribution in [2.24, 2.45) is 0 Å². The Balaban J connectivity index is 6.96. The van der Waals surface area contributed by atoms with Gasteiger partial charge in [0.05, 0.1) is 12.7 Å². The molecule has 0 N–H and O–H groups in total. The first-order valence-electron chi connectivity index (χ1n) is 24.6. The monoisotopic (exact) mass is 987 g/mol. The third-order valence-electron chi connectivity index (χ3n) is 11.8. The first-order valence-corrected chi connectivity index (χ1v) is 43.5. The van der Waals surface area contributed by atoms with Crippen LogP contribution >= 0.6 is 0 Å². The molecule has 0 saturated carbocycles. The zero-order valence-electron chi connectivity index (χ0n) is 43.5. The molecule has 0 bridgehead atoms. The second-order valence-corrected chi connectivity index (χ2v) is 47.6. The molecule has 0 aromatic carbocycles. The average molecular weight is 988 g/mol. The molecule has 0 rings (SSSR count). The molecule has 366 valence electrons. The average Bonchev–Trinajstić information content (AvgIpc) is 3.14. The first-order chi connectivity index (χ1) is 28.3. The van der Waals surface area contributed by atoms with Crippen molar-refractivity contribution in [3.8, 4) is 0 Å². The predicted octanol–water partition coefficient (Wildman–Crippen LogP) is 14.7. The van der Waals surface area contributed by atoms with Crippen molar-refractivity contribution in [2.75, 3.05) is 28.4 Å². The molecule has 0 heterocycles. The number of methoxy groups -OCH3 is 1. The number of rotatable bonds is 40. The van der Waals surface area contributed by atoms with E-state index in [4.69, 9.17) is 38.6 Å². The van der Waals surface area contributed by atoms with Crippen molar-refractivity contribution >= 4 is 65.7 Å². The van der Waals surface area contributed by atoms with Crippen molar-refractivity contribution in [3.63, 3.8) is 0 Å². The fraction of sp³-hybridized carbons (Fsp3) is 0.977. The van der Waals surface area contributed by atoms with Crippen molar-refractivity contribution in [3.05, 3.63) is 0 Å². The Morgan fingerprint density at radius 1 is 0.443 bits per heavy atom. The van der Waals surface area contributed by atoms with Crippen molar-refractivity contribution in [2.45, 2.75) is 251 Å². The lowest BCUT2D eigenvalue weighted by molar-refractivity contribution is -0.141. The third-order valence-corrected chi connectivity index (χ3v) is 38.8. The number of ether oxygens (including phenoxy) is 1. The van der Waals surface area contributed by atoms with Crippen molar-refractivity contribution in [1.29, 1.82) is 0 Å². The standard InChI is InChI=1S/C44H102O10Si7/c1-19-21-23-25-27-28-29-30-31-33-34-36-38-42(3)59(17,53-58(16,40-41-61(47-5,48-6)49-7)52-57(14,15)50-55(8,9)10)54-60(18,51-56(11,12)13)43(44(45)46-4)39-37-35-32-26-24-22-20-2/h42-43H,19-41H2,1-18H3. The van der Waals surface area contributed by atoms with E-state index in [0.717, 1.165) is 25.7 Å². The van der Waals surface area contributed by atoms with Crippen LogP contribution in [0.1, 0.15) is 156 Å². The van der Waals surface area contributed by atoms with Gasteiger partial charge in [0.2, 0.25) is 0 Å². The summed E-state index contributed by atoms with van der Waals surface area (Å²) < 4.78 is 60.3. The van der Waals surface area contributed by atoms with E-state index in [1.54, 1.807) is 21.3 Å². The van der Waals surface area contributed by atoms with Gasteiger partial charge in [-0.15, -0.1) is 0 Å². The minimum absolute atomic E-state index is 0.108. The van der Waals surface area contributed by atoms with Gasteiger partial charge in [0.1, 0.15) is 0 Å². The van der Waals surface area contributed by atoms with Crippen LogP contribution in [0.4, 0.5) is 0 Å². The number of unbranched alkanes of at least 4 members (excludes halogenated alkanes) is 17. The predicted molar refractivity (Wildman–Crippen MR) is 274 cm³/mol. The van der Waals surface area contributed by atoms with Crippen molar-refractivity contribution < 1.29 is 43.4 Å². The third kappa shape index (κ3) is 27.2. The van der Waals surface area contributed by atoms with Crippen LogP contribution in [-0.2, 0) is 43.4 Å². The molecule has 0 spiro atoms. The van der Waals surface area contributed by atoms with Crippen LogP contribution in [0.2, 0.25) is 95.2 Å². The highest BCUT2D eigenvalue weighted by Gasteiger charge is 2.58. The Labute approximate surface area is 386 Å². The number of esters is 1. The SMILES string of the molecule is CCCCCCCCCCCCCCC(C)[Si](C)(O[Si](C)(CC[Si](OC)(OC)OC)O[Si](C)(C)O[Si](C)(C)C)O[Si](C)(O[Si](C)(C)C)C(CCCCCCCCC)C(=O)OC. The number of hydrogen-bond acceptors (Lipinski definition) is 10. The molecule has 10 nitrogen and oxygen atoms in total. The maximum atomic E-state index is 14.0. The van der Waals surface area contributed by atoms with E-state index < -0.39 is 65.2 Å². The Kier molecular flexibility index (Phi) is 31.2. The van der Waals surface area contributed by atoms with Crippen LogP contribution < -0.4 is 0 Å². The lowest BCUT2D eigenvalue weighted by atomic mass is 10.0. The van der Waals surface area contributed by atoms with Gasteiger partial charge in [-0.1, -0.05) is 143 Å². The van der Waals surface area contributed by atoms with Gasteiger partial charge in [0, 0.05) is 27.4 Å². The molecule has 5 unspecified atom stereocenters. The van der Waals surface area contributed by atoms with E-state index in [1.807, 2.05) is 0 Å². The van der Waals surface area contributed by atoms with Gasteiger partial charge in [-0.25, -0.2) is 0 Å². The van der Waals surface area contributed by atoms with Crippen LogP contribution in [0.25, 0.3) is 0 Å². The van der Waals surface area contributed by atoms with E-state index >= 15 is 0 Å². The minimum Gasteiger partial charge on any atom is -0.469 e. The fourth-order valence-corrected chi connectivity index (χ4v) is 42.2. The molecule has 5 atom stereocenters. The molecule has 61 heavy (non-hydrogen) atoms. The first kappa shape index (κ1) is 61.7. The second kappa shape index (κ2) is 30.9. The molecule has 0 aliphatic carbocycles. The summed E-state index contributed by atoms with van der Waals surface area (Å²) in [5.74, 6) is -0.229. The molecule has 0 aromatic rings. The molecule has 0 radical (unpaired) electrons. The van der Waals surface area contributed by atoms with Gasteiger partial charge >= 0.3 is 49.0 Å². The summed E-state index contributed by atoms with van der Waals surface area (Å²) in [5.41, 5.74) is -0.364. The maximum Gasteiger partial charge on any atom is 0.500 e. The van der Waals surface area contributed by atoms with Crippen LogP contribution in [0.15, 0.2) is 0 Å². The molecular weight excluding hydrogens is 885 g/mol. The zero-order valence-corrected chi connectivity index (χ0v) is 50.5. The van der Waals surface area contributed by atoms with E-state index in [9.17, 15) is 4.79 Å². The smallest absolute Gasteiger partial charge is 0.469 e. The molecule has 0 saturated heterocycles. The Morgan fingerprint density at radius 2 is 0.836 bits per heavy atom. The molecular formula is C44H102O10Si7. The molecule has 0 aliphatic heterocycles. The number of carbonyl (C=O) groups is 1. The normalized spacial score (nSPS) is 17.1. The maximum absolute atomic E-state index is 14.0. The molecule has 0 amide bonds. The quantitative estimate of drug-likeness (QED) is 0.0335. The molecule has 0 fully saturated rings. The van der Waals surface area contributed by atoms with Crippen LogP contribution in [0.3, 0.4) is 0 Å². The molecule has 0 aliphatic rings. The van der Waals surface area contributed by atoms with Gasteiger partial charge in [-0.05, 0) is 96.4 Å². The Hall–Kier alpha value is 0.668. The van der Waals surface area contributed by atoms with Crippen molar-refractivity contribution in [1.82, 2.24) is 0 Å². The zero-order chi connectivity index (χ0) is 46.9. The Morgan fingerprint density at radius 3 is 1.21 bits per heavy atom. The summed E-state index contributed by atoms with van der Waals surface area (Å²) in [5, 5.41) is 0. The van der Waals surface area contributed by atoms with E-state index in [1.165, 1.54) is 110 Å². The van der Waals surface area contributed by atoms with Crippen LogP contribution in [-0.4, -0.2) is 94.1 Å². The summed E-state index contributed by atoms with van der Waals surface area (Å²) in [6.45, 7) is 30.9. The lowest BCUT2D eigenvalue weighted by Crippen LogP contribution is -2.65. The van der Waals surface area contributed by atoms with Gasteiger partial charge in [-0.2, -0.15) is 0 Å². The largest absolute Gasteiger partial charge is 0.500 e. The summed E-state index contributed by atoms with van der Waals surface area (Å²) in [7, 11) is -13.1. The lowest BCUT2D eigenvalue weighted by Gasteiger charge is -2.49. The minimum atomic E-state index is -3.33. The van der Waals surface area contributed by atoms with E-state index in [0.29, 0.717) is 18.5 Å². The Bertz CT molecular complexity index is 1130. The fourth-order valence-electron chi connectivity index (χ4n) is 8.76. The van der Waals surface area contributed by atoms with E-state index in [2.05, 4.69) is 92.8 Å². The van der Waals surface area contributed by atoms with Crippen LogP contribution in [0.5, 0.6) is 0 Å². The van der Waals surface area contributed by atoms with Gasteiger partial charge in [0.15, 0.2) is 16.6 Å². The van der Waals surface area contributed by atoms with E-state index in [-0.39, 0.29) is 11.5 Å². The topological polar surface area (TPSA) is 100 Å². The summed E-state index contributed by atoms with van der Waals surface area (Å²) >= 11 is 0. The van der Waals surface area contributed by atoms with Gasteiger partial charge < -0.3 is 38.6 Å². The highest BCUT2D eigenvalue weighted by atomic mass is 28.5.